The van der Waals surface area contributed by atoms with Gasteiger partial charge in [-0.3, -0.25) is 4.79 Å². The number of rotatable bonds is 3. The minimum atomic E-state index is -0.806. The van der Waals surface area contributed by atoms with Crippen LogP contribution in [-0.2, 0) is 4.79 Å². The van der Waals surface area contributed by atoms with E-state index in [1.807, 2.05) is 0 Å². The highest BCUT2D eigenvalue weighted by atomic mass is 16.2. The number of imide groups is 1. The average Bonchev–Trinajstić information content (AvgIpc) is 2.28. The molecule has 76 valence electrons. The molecule has 0 radical (unpaired) electrons. The molecule has 1 saturated heterocycles. The molecule has 14 heavy (non-hydrogen) atoms. The molecule has 0 unspecified atom stereocenters. The molecule has 0 bridgehead atoms. The number of urea groups is 1. The van der Waals surface area contributed by atoms with Crippen LogP contribution in [0, 0.1) is 0 Å². The number of carbonyl (C=O) groups excluding carboxylic acids is 2. The Hall–Kier alpha value is -1.58. The van der Waals surface area contributed by atoms with Crippen molar-refractivity contribution in [2.24, 2.45) is 0 Å². The SMILES string of the molecule is C=CCN1C(=O)N(C=C)C(=O)C1(C)C. The van der Waals surface area contributed by atoms with Gasteiger partial charge < -0.3 is 4.90 Å². The van der Waals surface area contributed by atoms with Crippen molar-refractivity contribution in [3.63, 3.8) is 0 Å². The Bertz CT molecular complexity index is 307. The molecule has 0 N–H and O–H groups in total. The Morgan fingerprint density at radius 3 is 2.29 bits per heavy atom. The first kappa shape index (κ1) is 10.5. The number of hydrogen-bond donors (Lipinski definition) is 0. The maximum Gasteiger partial charge on any atom is 0.332 e. The van der Waals surface area contributed by atoms with Gasteiger partial charge in [-0.2, -0.15) is 0 Å². The van der Waals surface area contributed by atoms with Crippen LogP contribution < -0.4 is 0 Å². The lowest BCUT2D eigenvalue weighted by atomic mass is 10.0. The van der Waals surface area contributed by atoms with Gasteiger partial charge in [-0.1, -0.05) is 12.7 Å². The van der Waals surface area contributed by atoms with Gasteiger partial charge in [0, 0.05) is 12.7 Å². The largest absolute Gasteiger partial charge is 0.332 e. The summed E-state index contributed by atoms with van der Waals surface area (Å²) >= 11 is 0. The summed E-state index contributed by atoms with van der Waals surface area (Å²) in [4.78, 5) is 25.9. The molecular formula is C10H14N2O2. The third-order valence-electron chi connectivity index (χ3n) is 2.35. The van der Waals surface area contributed by atoms with Gasteiger partial charge in [0.05, 0.1) is 0 Å². The lowest BCUT2D eigenvalue weighted by Gasteiger charge is -2.26. The highest BCUT2D eigenvalue weighted by Crippen LogP contribution is 2.27. The molecule has 4 nitrogen and oxygen atoms in total. The molecule has 1 aliphatic rings. The summed E-state index contributed by atoms with van der Waals surface area (Å²) in [5.74, 6) is -0.251. The Balaban J connectivity index is 3.08. The van der Waals surface area contributed by atoms with E-state index in [2.05, 4.69) is 13.2 Å². The first-order valence-electron chi connectivity index (χ1n) is 4.35. The second kappa shape index (κ2) is 3.29. The van der Waals surface area contributed by atoms with Crippen molar-refractivity contribution in [2.45, 2.75) is 19.4 Å². The molecule has 0 atom stereocenters. The van der Waals surface area contributed by atoms with Crippen molar-refractivity contribution < 1.29 is 9.59 Å². The van der Waals surface area contributed by atoms with Gasteiger partial charge >= 0.3 is 6.03 Å². The van der Waals surface area contributed by atoms with Crippen LogP contribution in [0.1, 0.15) is 13.8 Å². The molecule has 4 heteroatoms. The van der Waals surface area contributed by atoms with Crippen LogP contribution in [0.15, 0.2) is 25.4 Å². The highest BCUT2D eigenvalue weighted by molar-refractivity contribution is 6.07. The van der Waals surface area contributed by atoms with E-state index < -0.39 is 5.54 Å². The third kappa shape index (κ3) is 1.23. The van der Waals surface area contributed by atoms with Gasteiger partial charge in [0.15, 0.2) is 0 Å². The summed E-state index contributed by atoms with van der Waals surface area (Å²) in [5.41, 5.74) is -0.806. The Morgan fingerprint density at radius 2 is 1.93 bits per heavy atom. The molecular weight excluding hydrogens is 180 g/mol. The van der Waals surface area contributed by atoms with Gasteiger partial charge in [-0.05, 0) is 13.8 Å². The van der Waals surface area contributed by atoms with Crippen LogP contribution in [0.2, 0.25) is 0 Å². The monoisotopic (exact) mass is 194 g/mol. The van der Waals surface area contributed by atoms with E-state index in [9.17, 15) is 9.59 Å². The van der Waals surface area contributed by atoms with Crippen molar-refractivity contribution in [3.8, 4) is 0 Å². The van der Waals surface area contributed by atoms with Crippen LogP contribution in [0.3, 0.4) is 0 Å². The van der Waals surface area contributed by atoms with Gasteiger partial charge in [-0.15, -0.1) is 6.58 Å². The van der Waals surface area contributed by atoms with Crippen LogP contribution >= 0.6 is 0 Å². The second-order valence-corrected chi connectivity index (χ2v) is 3.60. The van der Waals surface area contributed by atoms with Crippen molar-refractivity contribution >= 4 is 11.9 Å². The second-order valence-electron chi connectivity index (χ2n) is 3.60. The summed E-state index contributed by atoms with van der Waals surface area (Å²) in [7, 11) is 0. The summed E-state index contributed by atoms with van der Waals surface area (Å²) in [5, 5.41) is 0. The van der Waals surface area contributed by atoms with Gasteiger partial charge in [0.1, 0.15) is 5.54 Å². The maximum atomic E-state index is 11.7. The normalized spacial score (nSPS) is 20.1. The lowest BCUT2D eigenvalue weighted by molar-refractivity contribution is -0.130. The van der Waals surface area contributed by atoms with Crippen molar-refractivity contribution in [1.29, 1.82) is 0 Å². The molecule has 0 aliphatic carbocycles. The number of carbonyl (C=O) groups is 2. The molecule has 0 saturated carbocycles. The molecule has 0 spiro atoms. The summed E-state index contributed by atoms with van der Waals surface area (Å²) < 4.78 is 0. The third-order valence-corrected chi connectivity index (χ3v) is 2.35. The molecule has 1 heterocycles. The van der Waals surface area contributed by atoms with Crippen LogP contribution in [0.5, 0.6) is 0 Å². The van der Waals surface area contributed by atoms with Crippen LogP contribution in [-0.4, -0.2) is 33.8 Å². The Labute approximate surface area is 83.5 Å². The minimum absolute atomic E-state index is 0.251. The number of nitrogens with zero attached hydrogens (tertiary/aromatic N) is 2. The van der Waals surface area contributed by atoms with Crippen molar-refractivity contribution in [2.75, 3.05) is 6.54 Å². The number of amides is 3. The van der Waals surface area contributed by atoms with E-state index >= 15 is 0 Å². The zero-order valence-corrected chi connectivity index (χ0v) is 8.49. The zero-order chi connectivity index (χ0) is 10.9. The van der Waals surface area contributed by atoms with Crippen LogP contribution in [0.4, 0.5) is 4.79 Å². The first-order chi connectivity index (χ1) is 6.46. The lowest BCUT2D eigenvalue weighted by Crippen LogP contribution is -2.44. The van der Waals surface area contributed by atoms with Crippen molar-refractivity contribution in [3.05, 3.63) is 25.4 Å². The van der Waals surface area contributed by atoms with E-state index in [0.717, 1.165) is 4.90 Å². The van der Waals surface area contributed by atoms with E-state index in [1.165, 1.54) is 11.1 Å². The molecule has 1 aliphatic heterocycles. The van der Waals surface area contributed by atoms with Gasteiger partial charge in [0.25, 0.3) is 5.91 Å². The van der Waals surface area contributed by atoms with Gasteiger partial charge in [-0.25, -0.2) is 9.69 Å². The predicted octanol–water partition coefficient (Wildman–Crippen LogP) is 1.36. The smallest absolute Gasteiger partial charge is 0.306 e. The van der Waals surface area contributed by atoms with E-state index in [-0.39, 0.29) is 11.9 Å². The fourth-order valence-corrected chi connectivity index (χ4v) is 1.46. The van der Waals surface area contributed by atoms with Gasteiger partial charge in [0.2, 0.25) is 0 Å². The van der Waals surface area contributed by atoms with Crippen LogP contribution in [0.25, 0.3) is 0 Å². The van der Waals surface area contributed by atoms with Crippen molar-refractivity contribution in [1.82, 2.24) is 9.80 Å². The molecule has 1 fully saturated rings. The Morgan fingerprint density at radius 1 is 1.36 bits per heavy atom. The fourth-order valence-electron chi connectivity index (χ4n) is 1.46. The minimum Gasteiger partial charge on any atom is -0.306 e. The van der Waals surface area contributed by atoms with E-state index in [0.29, 0.717) is 6.54 Å². The molecule has 0 aromatic heterocycles. The highest BCUT2D eigenvalue weighted by Gasteiger charge is 2.49. The fraction of sp³-hybridized carbons (Fsp3) is 0.400. The zero-order valence-electron chi connectivity index (χ0n) is 8.49. The summed E-state index contributed by atoms with van der Waals surface area (Å²) in [6, 6.07) is -0.338. The quantitative estimate of drug-likeness (QED) is 0.502. The summed E-state index contributed by atoms with van der Waals surface area (Å²) in [6.07, 6.45) is 2.84. The molecule has 1 rings (SSSR count). The maximum absolute atomic E-state index is 11.7. The first-order valence-corrected chi connectivity index (χ1v) is 4.35. The molecule has 3 amide bonds. The number of hydrogen-bond acceptors (Lipinski definition) is 2. The predicted molar refractivity (Wildman–Crippen MR) is 53.4 cm³/mol. The molecule has 0 aromatic carbocycles. The molecule has 0 aromatic rings. The topological polar surface area (TPSA) is 40.6 Å². The standard InChI is InChI=1S/C10H14N2O2/c1-5-7-12-9(14)11(6-2)8(13)10(12,3)4/h5-6H,1-2,7H2,3-4H3. The average molecular weight is 194 g/mol. The van der Waals surface area contributed by atoms with E-state index in [1.54, 1.807) is 19.9 Å². The Kier molecular flexibility index (Phi) is 2.47. The summed E-state index contributed by atoms with van der Waals surface area (Å²) in [6.45, 7) is 10.8. The van der Waals surface area contributed by atoms with E-state index in [4.69, 9.17) is 0 Å².